The summed E-state index contributed by atoms with van der Waals surface area (Å²) >= 11 is 0. The van der Waals surface area contributed by atoms with Gasteiger partial charge >= 0.3 is 0 Å². The van der Waals surface area contributed by atoms with Crippen molar-refractivity contribution >= 4 is 41.8 Å². The van der Waals surface area contributed by atoms with Crippen LogP contribution in [0.3, 0.4) is 0 Å². The quantitative estimate of drug-likeness (QED) is 0.217. The van der Waals surface area contributed by atoms with E-state index < -0.39 is 0 Å². The van der Waals surface area contributed by atoms with Crippen molar-refractivity contribution in [2.45, 2.75) is 33.1 Å². The minimum absolute atomic E-state index is 0. The summed E-state index contributed by atoms with van der Waals surface area (Å²) in [5.41, 5.74) is 0.839. The first-order valence-corrected chi connectivity index (χ1v) is 11.4. The predicted molar refractivity (Wildman–Crippen MR) is 136 cm³/mol. The lowest BCUT2D eigenvalue weighted by Crippen LogP contribution is -2.54. The number of furan rings is 1. The smallest absolute Gasteiger partial charge is 0.287 e. The van der Waals surface area contributed by atoms with Crippen molar-refractivity contribution in [3.63, 3.8) is 0 Å². The Balaban J connectivity index is 0.00000363. The SMILES string of the molecule is CCNC(=NCCCNC(=O)c1occc1C)N1CCN(CC(=O)N2CCCC2)CC1.I. The van der Waals surface area contributed by atoms with E-state index in [9.17, 15) is 9.59 Å². The Hall–Kier alpha value is -1.82. The zero-order valence-corrected chi connectivity index (χ0v) is 21.6. The molecular formula is C22H37IN6O3. The van der Waals surface area contributed by atoms with Crippen molar-refractivity contribution in [2.24, 2.45) is 4.99 Å². The molecule has 9 nitrogen and oxygen atoms in total. The van der Waals surface area contributed by atoms with E-state index in [2.05, 4.69) is 27.4 Å². The summed E-state index contributed by atoms with van der Waals surface area (Å²) in [6, 6.07) is 1.78. The Labute approximate surface area is 208 Å². The molecule has 2 saturated heterocycles. The average Bonchev–Trinajstić information content (AvgIpc) is 3.45. The van der Waals surface area contributed by atoms with Crippen LogP contribution in [0, 0.1) is 6.92 Å². The molecule has 3 rings (SSSR count). The molecule has 1 aromatic heterocycles. The standard InChI is InChI=1S/C22H36N6O3.HI/c1-3-23-22(25-9-6-8-24-21(30)20-18(2)7-16-31-20)28-14-12-26(13-15-28)17-19(29)27-10-4-5-11-27;/h7,16H,3-6,8-15,17H2,1-2H3,(H,23,25)(H,24,30);1H. The number of aryl methyl sites for hydroxylation is 1. The van der Waals surface area contributed by atoms with Crippen molar-refractivity contribution in [1.82, 2.24) is 25.3 Å². The van der Waals surface area contributed by atoms with E-state index in [4.69, 9.17) is 9.41 Å². The second kappa shape index (κ2) is 13.7. The molecule has 2 fully saturated rings. The highest BCUT2D eigenvalue weighted by Crippen LogP contribution is 2.10. The topological polar surface area (TPSA) is 93.4 Å². The number of nitrogens with zero attached hydrogens (tertiary/aromatic N) is 4. The molecule has 0 bridgehead atoms. The lowest BCUT2D eigenvalue weighted by atomic mass is 10.2. The summed E-state index contributed by atoms with van der Waals surface area (Å²) in [5, 5.41) is 6.24. The fourth-order valence-electron chi connectivity index (χ4n) is 3.95. The van der Waals surface area contributed by atoms with Crippen molar-refractivity contribution in [3.8, 4) is 0 Å². The van der Waals surface area contributed by atoms with Crippen LogP contribution in [0.2, 0.25) is 0 Å². The number of carbonyl (C=O) groups is 2. The summed E-state index contributed by atoms with van der Waals surface area (Å²) in [6.45, 7) is 11.7. The Morgan fingerprint density at radius 3 is 2.41 bits per heavy atom. The maximum absolute atomic E-state index is 12.4. The first-order valence-electron chi connectivity index (χ1n) is 11.4. The second-order valence-electron chi connectivity index (χ2n) is 8.13. The van der Waals surface area contributed by atoms with Crippen molar-refractivity contribution in [2.75, 3.05) is 65.4 Å². The summed E-state index contributed by atoms with van der Waals surface area (Å²) in [5.74, 6) is 1.36. The second-order valence-corrected chi connectivity index (χ2v) is 8.13. The van der Waals surface area contributed by atoms with Gasteiger partial charge in [-0.15, -0.1) is 24.0 Å². The number of guanidine groups is 1. The van der Waals surface area contributed by atoms with E-state index >= 15 is 0 Å². The first kappa shape index (κ1) is 26.4. The highest BCUT2D eigenvalue weighted by Gasteiger charge is 2.24. The molecule has 0 atom stereocenters. The molecule has 10 heteroatoms. The lowest BCUT2D eigenvalue weighted by molar-refractivity contribution is -0.131. The van der Waals surface area contributed by atoms with Crippen LogP contribution < -0.4 is 10.6 Å². The molecule has 0 aliphatic carbocycles. The fraction of sp³-hybridized carbons (Fsp3) is 0.682. The van der Waals surface area contributed by atoms with E-state index in [1.54, 1.807) is 6.07 Å². The van der Waals surface area contributed by atoms with Gasteiger partial charge in [-0.25, -0.2) is 0 Å². The Bertz CT molecular complexity index is 755. The fourth-order valence-corrected chi connectivity index (χ4v) is 3.95. The van der Waals surface area contributed by atoms with Crippen LogP contribution in [-0.2, 0) is 4.79 Å². The van der Waals surface area contributed by atoms with Gasteiger partial charge in [-0.1, -0.05) is 0 Å². The Kier molecular flexibility index (Phi) is 11.3. The number of piperazine rings is 1. The van der Waals surface area contributed by atoms with Gasteiger partial charge in [0.1, 0.15) is 0 Å². The van der Waals surface area contributed by atoms with E-state index in [0.717, 1.165) is 76.6 Å². The number of hydrogen-bond donors (Lipinski definition) is 2. The molecule has 2 amide bonds. The Morgan fingerprint density at radius 1 is 1.06 bits per heavy atom. The van der Waals surface area contributed by atoms with Crippen molar-refractivity contribution < 1.29 is 14.0 Å². The van der Waals surface area contributed by atoms with Gasteiger partial charge in [-0.05, 0) is 39.2 Å². The monoisotopic (exact) mass is 560 g/mol. The van der Waals surface area contributed by atoms with Crippen LogP contribution in [0.15, 0.2) is 21.7 Å². The van der Waals surface area contributed by atoms with Crippen LogP contribution in [0.4, 0.5) is 0 Å². The van der Waals surface area contributed by atoms with Gasteiger partial charge in [0.2, 0.25) is 5.91 Å². The first-order chi connectivity index (χ1) is 15.1. The normalized spacial score (nSPS) is 17.2. The third-order valence-electron chi connectivity index (χ3n) is 5.77. The number of nitrogens with one attached hydrogen (secondary N) is 2. The van der Waals surface area contributed by atoms with Gasteiger partial charge in [0, 0.05) is 64.5 Å². The molecular weight excluding hydrogens is 523 g/mol. The van der Waals surface area contributed by atoms with E-state index in [-0.39, 0.29) is 35.8 Å². The van der Waals surface area contributed by atoms with Crippen LogP contribution in [0.25, 0.3) is 0 Å². The molecule has 180 valence electrons. The summed E-state index contributed by atoms with van der Waals surface area (Å²) in [4.78, 5) is 35.7. The van der Waals surface area contributed by atoms with Crippen LogP contribution in [0.5, 0.6) is 0 Å². The molecule has 1 aromatic rings. The summed E-state index contributed by atoms with van der Waals surface area (Å²) in [6.07, 6.45) is 4.55. The van der Waals surface area contributed by atoms with E-state index in [1.807, 2.05) is 11.8 Å². The van der Waals surface area contributed by atoms with Gasteiger partial charge in [-0.2, -0.15) is 0 Å². The average molecular weight is 560 g/mol. The molecule has 0 aromatic carbocycles. The third kappa shape index (κ3) is 7.65. The highest BCUT2D eigenvalue weighted by atomic mass is 127. The van der Waals surface area contributed by atoms with E-state index in [1.165, 1.54) is 6.26 Å². The zero-order chi connectivity index (χ0) is 22.1. The largest absolute Gasteiger partial charge is 0.459 e. The Morgan fingerprint density at radius 2 is 1.78 bits per heavy atom. The van der Waals surface area contributed by atoms with Gasteiger partial charge in [-0.3, -0.25) is 19.5 Å². The highest BCUT2D eigenvalue weighted by molar-refractivity contribution is 14.0. The minimum Gasteiger partial charge on any atom is -0.459 e. The molecule has 0 unspecified atom stereocenters. The molecule has 2 aliphatic rings. The lowest BCUT2D eigenvalue weighted by Gasteiger charge is -2.36. The number of likely N-dealkylation sites (tertiary alicyclic amines) is 1. The van der Waals surface area contributed by atoms with Crippen LogP contribution >= 0.6 is 24.0 Å². The van der Waals surface area contributed by atoms with Crippen molar-refractivity contribution in [1.29, 1.82) is 0 Å². The number of aliphatic imine (C=N–C) groups is 1. The molecule has 2 aliphatic heterocycles. The predicted octanol–water partition coefficient (Wildman–Crippen LogP) is 1.53. The van der Waals surface area contributed by atoms with Gasteiger partial charge in [0.25, 0.3) is 5.91 Å². The van der Waals surface area contributed by atoms with Gasteiger partial charge < -0.3 is 24.9 Å². The van der Waals surface area contributed by atoms with E-state index in [0.29, 0.717) is 25.4 Å². The summed E-state index contributed by atoms with van der Waals surface area (Å²) in [7, 11) is 0. The maximum atomic E-state index is 12.4. The van der Waals surface area contributed by atoms with Crippen LogP contribution in [-0.4, -0.2) is 97.9 Å². The number of amides is 2. The van der Waals surface area contributed by atoms with Gasteiger partial charge in [0.05, 0.1) is 12.8 Å². The number of rotatable bonds is 8. The molecule has 2 N–H and O–H groups in total. The molecule has 0 saturated carbocycles. The molecule has 32 heavy (non-hydrogen) atoms. The van der Waals surface area contributed by atoms with Gasteiger partial charge in [0.15, 0.2) is 11.7 Å². The molecule has 0 radical (unpaired) electrons. The molecule has 3 heterocycles. The number of halogens is 1. The van der Waals surface area contributed by atoms with Crippen molar-refractivity contribution in [3.05, 3.63) is 23.7 Å². The third-order valence-corrected chi connectivity index (χ3v) is 5.77. The number of hydrogen-bond acceptors (Lipinski definition) is 5. The number of carbonyl (C=O) groups excluding carboxylic acids is 2. The maximum Gasteiger partial charge on any atom is 0.287 e. The zero-order valence-electron chi connectivity index (χ0n) is 19.3. The minimum atomic E-state index is -0.182. The molecule has 0 spiro atoms. The summed E-state index contributed by atoms with van der Waals surface area (Å²) < 4.78 is 5.21. The van der Waals surface area contributed by atoms with Crippen LogP contribution in [0.1, 0.15) is 42.3 Å².